The van der Waals surface area contributed by atoms with Gasteiger partial charge in [0.25, 0.3) is 0 Å². The van der Waals surface area contributed by atoms with Gasteiger partial charge in [-0.2, -0.15) is 0 Å². The van der Waals surface area contributed by atoms with Crippen LogP contribution in [0.4, 0.5) is 0 Å². The molecular formula is C4H9+. The molecule has 0 aliphatic rings. The largest absolute Gasteiger partial charge is 1.00 e. The average Bonchev–Trinajstić information content (AvgIpc) is 0.811. The van der Waals surface area contributed by atoms with Gasteiger partial charge in [0.15, 0.2) is 0 Å². The summed E-state index contributed by atoms with van der Waals surface area (Å²) >= 11 is 0. The lowest BCUT2D eigenvalue weighted by atomic mass is 10.4. The smallest absolute Gasteiger partial charge is 0.100 e. The molecule has 0 unspecified atom stereocenters. The molecule has 0 fully saturated rings. The van der Waals surface area contributed by atoms with Gasteiger partial charge in [-0.3, -0.25) is 0 Å². The van der Waals surface area contributed by atoms with Gasteiger partial charge in [-0.05, 0) is 13.8 Å². The highest BCUT2D eigenvalue weighted by Gasteiger charge is 1.51. The first-order chi connectivity index (χ1) is 1.73. The van der Waals surface area contributed by atoms with Crippen LogP contribution in [0.2, 0.25) is 0 Å². The quantitative estimate of drug-likeness (QED) is 0.371. The molecule has 0 bridgehead atoms. The molecule has 0 radical (unpaired) electrons. The van der Waals surface area contributed by atoms with E-state index in [9.17, 15) is 0 Å². The average molecular weight is 57.1 g/mol. The van der Waals surface area contributed by atoms with Crippen LogP contribution in [0.15, 0.2) is 12.2 Å². The Morgan fingerprint density at radius 3 is 1.75 bits per heavy atom. The summed E-state index contributed by atoms with van der Waals surface area (Å²) < 4.78 is 0. The Kier molecular flexibility index (Phi) is 1.03. The molecule has 0 heterocycles. The van der Waals surface area contributed by atoms with Crippen molar-refractivity contribution in [2.24, 2.45) is 0 Å². The van der Waals surface area contributed by atoms with Crippen molar-refractivity contribution in [1.29, 1.82) is 0 Å². The van der Waals surface area contributed by atoms with E-state index in [2.05, 4.69) is 6.58 Å². The van der Waals surface area contributed by atoms with E-state index >= 15 is 0 Å². The van der Waals surface area contributed by atoms with Gasteiger partial charge in [0, 0.05) is 0 Å². The van der Waals surface area contributed by atoms with Crippen molar-refractivity contribution in [3.63, 3.8) is 0 Å². The number of rotatable bonds is 0. The SMILES string of the molecule is C=C(C)C.[H+]. The van der Waals surface area contributed by atoms with Gasteiger partial charge in [-0.1, -0.05) is 5.57 Å². The minimum atomic E-state index is 0. The van der Waals surface area contributed by atoms with Crippen LogP contribution in [0.1, 0.15) is 15.3 Å². The Morgan fingerprint density at radius 1 is 1.75 bits per heavy atom. The Labute approximate surface area is 28.6 Å². The van der Waals surface area contributed by atoms with Crippen LogP contribution in [0.5, 0.6) is 0 Å². The molecule has 0 aliphatic carbocycles. The second-order valence-electron chi connectivity index (χ2n) is 1.21. The highest BCUT2D eigenvalue weighted by Crippen LogP contribution is 1.73. The van der Waals surface area contributed by atoms with E-state index < -0.39 is 0 Å². The lowest BCUT2D eigenvalue weighted by Crippen LogP contribution is -1.43. The molecule has 4 heavy (non-hydrogen) atoms. The summed E-state index contributed by atoms with van der Waals surface area (Å²) in [6.45, 7) is 7.50. The molecule has 0 rings (SSSR count). The van der Waals surface area contributed by atoms with Gasteiger partial charge in [-0.25, -0.2) is 0 Å². The predicted molar refractivity (Wildman–Crippen MR) is 21.6 cm³/mol. The Morgan fingerprint density at radius 2 is 1.75 bits per heavy atom. The third-order valence-corrected chi connectivity index (χ3v) is 0. The molecule has 0 saturated carbocycles. The van der Waals surface area contributed by atoms with Crippen LogP contribution in [0.25, 0.3) is 0 Å². The Hall–Kier alpha value is -0.260. The summed E-state index contributed by atoms with van der Waals surface area (Å²) in [6.07, 6.45) is 0. The predicted octanol–water partition coefficient (Wildman–Crippen LogP) is 1.69. The van der Waals surface area contributed by atoms with Gasteiger partial charge in [0.2, 0.25) is 0 Å². The molecule has 0 saturated heterocycles. The first-order valence-electron chi connectivity index (χ1n) is 1.35. The fraction of sp³-hybridized carbons (Fsp3) is 0.500. The second kappa shape index (κ2) is 1.10. The summed E-state index contributed by atoms with van der Waals surface area (Å²) in [5.74, 6) is 0. The van der Waals surface area contributed by atoms with Crippen LogP contribution in [0, 0.1) is 0 Å². The van der Waals surface area contributed by atoms with Crippen LogP contribution in [0.3, 0.4) is 0 Å². The maximum Gasteiger partial charge on any atom is 1.00 e. The Bertz CT molecular complexity index is 26.6. The van der Waals surface area contributed by atoms with Crippen molar-refractivity contribution in [3.05, 3.63) is 12.2 Å². The normalized spacial score (nSPS) is 6.50. The van der Waals surface area contributed by atoms with Crippen molar-refractivity contribution in [1.82, 2.24) is 0 Å². The van der Waals surface area contributed by atoms with Crippen molar-refractivity contribution < 1.29 is 1.43 Å². The molecule has 0 aliphatic heterocycles. The highest BCUT2D eigenvalue weighted by atomic mass is 13.6. The van der Waals surface area contributed by atoms with Crippen LogP contribution >= 0.6 is 0 Å². The van der Waals surface area contributed by atoms with Gasteiger partial charge < -0.3 is 0 Å². The lowest BCUT2D eigenvalue weighted by molar-refractivity contribution is 1.42. The number of hydrogen-bond donors (Lipinski definition) is 0. The topological polar surface area (TPSA) is 0 Å². The van der Waals surface area contributed by atoms with Crippen molar-refractivity contribution >= 4 is 0 Å². The van der Waals surface area contributed by atoms with E-state index in [1.54, 1.807) is 0 Å². The molecule has 24 valence electrons. The zero-order valence-corrected chi connectivity index (χ0v) is 3.21. The third-order valence-electron chi connectivity index (χ3n) is 0. The van der Waals surface area contributed by atoms with Crippen LogP contribution < -0.4 is 0 Å². The molecular weight excluding hydrogens is 48.0 g/mol. The van der Waals surface area contributed by atoms with Crippen LogP contribution in [-0.2, 0) is 0 Å². The van der Waals surface area contributed by atoms with E-state index in [4.69, 9.17) is 0 Å². The minimum Gasteiger partial charge on any atom is -0.100 e. The summed E-state index contributed by atoms with van der Waals surface area (Å²) in [5, 5.41) is 0. The fourth-order valence-electron chi connectivity index (χ4n) is 0. The zero-order chi connectivity index (χ0) is 3.58. The molecule has 0 spiro atoms. The van der Waals surface area contributed by atoms with Crippen molar-refractivity contribution in [2.45, 2.75) is 13.8 Å². The van der Waals surface area contributed by atoms with Gasteiger partial charge >= 0.3 is 1.43 Å². The molecule has 0 aromatic carbocycles. The molecule has 0 amide bonds. The number of allylic oxidation sites excluding steroid dienone is 1. The summed E-state index contributed by atoms with van der Waals surface area (Å²) in [6, 6.07) is 0. The standard InChI is InChI=1S/C4H8/c1-4(2)3/h1H2,2-3H3/p+1. The second-order valence-corrected chi connectivity index (χ2v) is 1.21. The highest BCUT2D eigenvalue weighted by molar-refractivity contribution is 4.78. The monoisotopic (exact) mass is 57.1 g/mol. The molecule has 0 heteroatoms. The first kappa shape index (κ1) is 3.74. The van der Waals surface area contributed by atoms with E-state index in [1.165, 1.54) is 5.57 Å². The molecule has 0 atom stereocenters. The molecule has 0 aromatic rings. The zero-order valence-electron chi connectivity index (χ0n) is 4.21. The van der Waals surface area contributed by atoms with E-state index in [0.717, 1.165) is 0 Å². The lowest BCUT2D eigenvalue weighted by Gasteiger charge is -1.65. The maximum atomic E-state index is 3.56. The van der Waals surface area contributed by atoms with Gasteiger partial charge in [-0.15, -0.1) is 6.58 Å². The number of hydrogen-bond acceptors (Lipinski definition) is 0. The van der Waals surface area contributed by atoms with E-state index in [0.29, 0.717) is 0 Å². The van der Waals surface area contributed by atoms with E-state index in [-0.39, 0.29) is 1.43 Å². The van der Waals surface area contributed by atoms with Crippen molar-refractivity contribution in [2.75, 3.05) is 0 Å². The molecule has 0 nitrogen and oxygen atoms in total. The summed E-state index contributed by atoms with van der Waals surface area (Å²) in [4.78, 5) is 0. The van der Waals surface area contributed by atoms with E-state index in [1.807, 2.05) is 13.8 Å². The molecule has 0 N–H and O–H groups in total. The Balaban J connectivity index is 0. The summed E-state index contributed by atoms with van der Waals surface area (Å²) in [5.41, 5.74) is 1.17. The third kappa shape index (κ3) is 14.1. The van der Waals surface area contributed by atoms with Gasteiger partial charge in [0.05, 0.1) is 0 Å². The molecule has 0 aromatic heterocycles. The van der Waals surface area contributed by atoms with Crippen molar-refractivity contribution in [3.8, 4) is 0 Å². The van der Waals surface area contributed by atoms with Crippen LogP contribution in [-0.4, -0.2) is 0 Å². The fourth-order valence-corrected chi connectivity index (χ4v) is 0. The summed E-state index contributed by atoms with van der Waals surface area (Å²) in [7, 11) is 0. The first-order valence-corrected chi connectivity index (χ1v) is 1.35. The maximum absolute atomic E-state index is 3.56. The van der Waals surface area contributed by atoms with Gasteiger partial charge in [0.1, 0.15) is 0 Å². The minimum absolute atomic E-state index is 0.